The molecule has 0 aliphatic heterocycles. The molecular weight excluding hydrogens is 251 g/mol. The first-order chi connectivity index (χ1) is 9.02. The Kier molecular flexibility index (Phi) is 3.87. The summed E-state index contributed by atoms with van der Waals surface area (Å²) < 4.78 is 18.7. The first-order valence-electron chi connectivity index (χ1n) is 6.28. The second kappa shape index (κ2) is 5.42. The number of hydrogen-bond acceptors (Lipinski definition) is 4. The van der Waals surface area contributed by atoms with Gasteiger partial charge in [0.25, 0.3) is 0 Å². The van der Waals surface area contributed by atoms with E-state index in [0.29, 0.717) is 12.5 Å². The van der Waals surface area contributed by atoms with Crippen LogP contribution >= 0.6 is 0 Å². The molecule has 6 heteroatoms. The fraction of sp³-hybridized carbons (Fsp3) is 0.538. The van der Waals surface area contributed by atoms with Gasteiger partial charge in [-0.05, 0) is 24.7 Å². The topological polar surface area (TPSA) is 64.4 Å². The Morgan fingerprint density at radius 3 is 2.79 bits per heavy atom. The molecule has 0 aromatic heterocycles. The number of benzene rings is 1. The van der Waals surface area contributed by atoms with Gasteiger partial charge in [0, 0.05) is 12.6 Å². The van der Waals surface area contributed by atoms with Crippen LogP contribution in [0.25, 0.3) is 0 Å². The molecule has 1 aliphatic rings. The van der Waals surface area contributed by atoms with E-state index in [1.54, 1.807) is 0 Å². The molecule has 0 bridgehead atoms. The van der Waals surface area contributed by atoms with Gasteiger partial charge in [0.1, 0.15) is 0 Å². The summed E-state index contributed by atoms with van der Waals surface area (Å²) in [4.78, 5) is 10.1. The molecule has 1 N–H and O–H groups in total. The van der Waals surface area contributed by atoms with Crippen molar-refractivity contribution in [3.05, 3.63) is 28.1 Å². The van der Waals surface area contributed by atoms with Crippen molar-refractivity contribution >= 4 is 11.4 Å². The summed E-state index contributed by atoms with van der Waals surface area (Å²) in [5.41, 5.74) is -0.115. The fourth-order valence-electron chi connectivity index (χ4n) is 2.09. The van der Waals surface area contributed by atoms with E-state index in [1.165, 1.54) is 26.0 Å². The van der Waals surface area contributed by atoms with Crippen molar-refractivity contribution in [1.29, 1.82) is 0 Å². The summed E-state index contributed by atoms with van der Waals surface area (Å²) in [6.07, 6.45) is 2.46. The van der Waals surface area contributed by atoms with Crippen molar-refractivity contribution in [1.82, 2.24) is 0 Å². The van der Waals surface area contributed by atoms with Crippen molar-refractivity contribution in [2.45, 2.75) is 19.8 Å². The molecule has 5 nitrogen and oxygen atoms in total. The third-order valence-electron chi connectivity index (χ3n) is 3.51. The first-order valence-corrected chi connectivity index (χ1v) is 6.28. The summed E-state index contributed by atoms with van der Waals surface area (Å²) in [5, 5.41) is 13.7. The lowest BCUT2D eigenvalue weighted by atomic mass is 10.1. The van der Waals surface area contributed by atoms with Gasteiger partial charge in [-0.25, -0.2) is 4.39 Å². The summed E-state index contributed by atoms with van der Waals surface area (Å²) in [6, 6.07) is 2.23. The molecule has 2 rings (SSSR count). The van der Waals surface area contributed by atoms with Crippen molar-refractivity contribution in [2.75, 3.05) is 19.0 Å². The van der Waals surface area contributed by atoms with Crippen molar-refractivity contribution in [3.63, 3.8) is 0 Å². The van der Waals surface area contributed by atoms with Crippen LogP contribution in [0.3, 0.4) is 0 Å². The Morgan fingerprint density at radius 2 is 2.26 bits per heavy atom. The monoisotopic (exact) mass is 268 g/mol. The van der Waals surface area contributed by atoms with Gasteiger partial charge in [-0.3, -0.25) is 10.1 Å². The van der Waals surface area contributed by atoms with Crippen molar-refractivity contribution < 1.29 is 14.1 Å². The average molecular weight is 268 g/mol. The molecule has 1 fully saturated rings. The Balaban J connectivity index is 2.13. The molecule has 104 valence electrons. The van der Waals surface area contributed by atoms with Gasteiger partial charge in [0.05, 0.1) is 23.8 Å². The van der Waals surface area contributed by atoms with E-state index in [-0.39, 0.29) is 17.1 Å². The number of anilines is 1. The Labute approximate surface area is 110 Å². The quantitative estimate of drug-likeness (QED) is 0.635. The minimum atomic E-state index is -0.654. The van der Waals surface area contributed by atoms with Crippen LogP contribution in [-0.4, -0.2) is 18.6 Å². The number of halogens is 1. The number of nitro groups is 1. The number of nitro benzene ring substituents is 1. The second-order valence-corrected chi connectivity index (χ2v) is 4.96. The normalized spacial score (nSPS) is 15.9. The maximum Gasteiger partial charge on any atom is 0.313 e. The van der Waals surface area contributed by atoms with Crippen LogP contribution in [0.5, 0.6) is 5.75 Å². The third-order valence-corrected chi connectivity index (χ3v) is 3.51. The Hall–Kier alpha value is -1.85. The van der Waals surface area contributed by atoms with Gasteiger partial charge in [-0.1, -0.05) is 6.92 Å². The molecule has 1 aromatic rings. The first kappa shape index (κ1) is 13.6. The van der Waals surface area contributed by atoms with Crippen LogP contribution in [0.2, 0.25) is 0 Å². The van der Waals surface area contributed by atoms with Gasteiger partial charge in [0.15, 0.2) is 11.6 Å². The maximum absolute atomic E-state index is 13.8. The molecular formula is C13H17FN2O3. The zero-order chi connectivity index (χ0) is 14.0. The minimum absolute atomic E-state index is 0.0629. The molecule has 0 amide bonds. The summed E-state index contributed by atoms with van der Waals surface area (Å²) in [7, 11) is 1.33. The largest absolute Gasteiger partial charge is 0.490 e. The van der Waals surface area contributed by atoms with Crippen molar-refractivity contribution in [3.8, 4) is 5.75 Å². The van der Waals surface area contributed by atoms with Gasteiger partial charge < -0.3 is 10.1 Å². The maximum atomic E-state index is 13.8. The lowest BCUT2D eigenvalue weighted by molar-refractivity contribution is -0.385. The standard InChI is InChI=1S/C13H17FN2O3/c1-8(9-3-4-9)7-15-11-6-13(19-2)12(16(17)18)5-10(11)14/h5-6,8-9,15H,3-4,7H2,1-2H3. The van der Waals surface area contributed by atoms with Gasteiger partial charge in [-0.2, -0.15) is 0 Å². The van der Waals surface area contributed by atoms with Crippen molar-refractivity contribution in [2.24, 2.45) is 11.8 Å². The molecule has 1 aromatic carbocycles. The number of nitrogens with one attached hydrogen (secondary N) is 1. The van der Waals surface area contributed by atoms with Gasteiger partial charge in [-0.15, -0.1) is 0 Å². The highest BCUT2D eigenvalue weighted by molar-refractivity contribution is 5.59. The zero-order valence-corrected chi connectivity index (χ0v) is 11.0. The highest BCUT2D eigenvalue weighted by Gasteiger charge is 2.28. The van der Waals surface area contributed by atoms with Crippen LogP contribution in [0.15, 0.2) is 12.1 Å². The number of ether oxygens (including phenoxy) is 1. The molecule has 19 heavy (non-hydrogen) atoms. The van der Waals surface area contributed by atoms with Crippen LogP contribution in [0.1, 0.15) is 19.8 Å². The molecule has 0 spiro atoms. The Bertz CT molecular complexity index is 489. The van der Waals surface area contributed by atoms with E-state index in [2.05, 4.69) is 12.2 Å². The van der Waals surface area contributed by atoms with E-state index in [0.717, 1.165) is 12.0 Å². The predicted octanol–water partition coefficient (Wildman–Crippen LogP) is 3.20. The number of nitrogens with zero attached hydrogens (tertiary/aromatic N) is 1. The third kappa shape index (κ3) is 3.13. The summed E-state index contributed by atoms with van der Waals surface area (Å²) in [5.74, 6) is 0.625. The van der Waals surface area contributed by atoms with Crippen LogP contribution in [0.4, 0.5) is 15.8 Å². The summed E-state index contributed by atoms with van der Waals surface area (Å²) >= 11 is 0. The molecule has 1 atom stereocenters. The molecule has 0 heterocycles. The lowest BCUT2D eigenvalue weighted by Crippen LogP contribution is -2.14. The minimum Gasteiger partial charge on any atom is -0.490 e. The number of rotatable bonds is 6. The van der Waals surface area contributed by atoms with Gasteiger partial charge in [0.2, 0.25) is 0 Å². The van der Waals surface area contributed by atoms with Crippen LogP contribution in [0, 0.1) is 27.8 Å². The molecule has 1 aliphatic carbocycles. The molecule has 0 radical (unpaired) electrons. The molecule has 1 unspecified atom stereocenters. The second-order valence-electron chi connectivity index (χ2n) is 4.96. The summed E-state index contributed by atoms with van der Waals surface area (Å²) in [6.45, 7) is 2.77. The smallest absolute Gasteiger partial charge is 0.313 e. The molecule has 1 saturated carbocycles. The van der Waals surface area contributed by atoms with E-state index in [1.807, 2.05) is 0 Å². The molecule has 0 saturated heterocycles. The van der Waals surface area contributed by atoms with E-state index >= 15 is 0 Å². The number of hydrogen-bond donors (Lipinski definition) is 1. The van der Waals surface area contributed by atoms with Crippen LogP contribution < -0.4 is 10.1 Å². The highest BCUT2D eigenvalue weighted by atomic mass is 19.1. The fourth-order valence-corrected chi connectivity index (χ4v) is 2.09. The van der Waals surface area contributed by atoms with E-state index in [9.17, 15) is 14.5 Å². The highest BCUT2D eigenvalue weighted by Crippen LogP contribution is 2.37. The van der Waals surface area contributed by atoms with Crippen LogP contribution in [-0.2, 0) is 0 Å². The lowest BCUT2D eigenvalue weighted by Gasteiger charge is -2.14. The van der Waals surface area contributed by atoms with E-state index in [4.69, 9.17) is 4.74 Å². The average Bonchev–Trinajstić information content (AvgIpc) is 3.20. The number of methoxy groups -OCH3 is 1. The Morgan fingerprint density at radius 1 is 1.58 bits per heavy atom. The predicted molar refractivity (Wildman–Crippen MR) is 70.0 cm³/mol. The zero-order valence-electron chi connectivity index (χ0n) is 11.0. The van der Waals surface area contributed by atoms with Gasteiger partial charge >= 0.3 is 5.69 Å². The SMILES string of the molecule is COc1cc(NCC(C)C2CC2)c(F)cc1[N+](=O)[O-]. The van der Waals surface area contributed by atoms with E-state index < -0.39 is 10.7 Å².